The maximum absolute atomic E-state index is 11.5. The Labute approximate surface area is 163 Å². The van der Waals surface area contributed by atoms with Crippen molar-refractivity contribution in [2.75, 3.05) is 13.2 Å². The van der Waals surface area contributed by atoms with Crippen molar-refractivity contribution in [3.05, 3.63) is 59.7 Å². The number of hydrogen-bond acceptors (Lipinski definition) is 3. The standard InChI is InChI=1S/C24H30O3/c1-4-7-17-27-23-18-20(12-16-24(25)26-6-3)11-15-22(23)21-13-9-19(8-5-2)10-14-21/h9-16,18H,4-8,17H2,1-3H3/b16-12+. The van der Waals surface area contributed by atoms with Crippen molar-refractivity contribution in [1.29, 1.82) is 0 Å². The molecule has 0 saturated carbocycles. The zero-order valence-corrected chi connectivity index (χ0v) is 16.7. The van der Waals surface area contributed by atoms with Crippen molar-refractivity contribution < 1.29 is 14.3 Å². The topological polar surface area (TPSA) is 35.5 Å². The molecule has 0 atom stereocenters. The molecule has 0 N–H and O–H groups in total. The first-order chi connectivity index (χ1) is 13.2. The molecule has 0 unspecified atom stereocenters. The van der Waals surface area contributed by atoms with E-state index in [1.165, 1.54) is 11.6 Å². The second-order valence-corrected chi connectivity index (χ2v) is 6.49. The first-order valence-corrected chi connectivity index (χ1v) is 9.88. The monoisotopic (exact) mass is 366 g/mol. The average molecular weight is 367 g/mol. The largest absolute Gasteiger partial charge is 0.493 e. The van der Waals surface area contributed by atoms with Gasteiger partial charge < -0.3 is 9.47 Å². The molecular formula is C24H30O3. The van der Waals surface area contributed by atoms with Crippen LogP contribution in [-0.4, -0.2) is 19.2 Å². The normalized spacial score (nSPS) is 10.9. The van der Waals surface area contributed by atoms with Crippen LogP contribution in [-0.2, 0) is 16.0 Å². The van der Waals surface area contributed by atoms with E-state index in [1.807, 2.05) is 12.1 Å². The number of benzene rings is 2. The Morgan fingerprint density at radius 3 is 2.44 bits per heavy atom. The minimum Gasteiger partial charge on any atom is -0.493 e. The third-order valence-electron chi connectivity index (χ3n) is 4.26. The predicted molar refractivity (Wildman–Crippen MR) is 112 cm³/mol. The van der Waals surface area contributed by atoms with E-state index in [0.29, 0.717) is 13.2 Å². The summed E-state index contributed by atoms with van der Waals surface area (Å²) in [6.07, 6.45) is 7.55. The molecule has 144 valence electrons. The Bertz CT molecular complexity index is 745. The van der Waals surface area contributed by atoms with Crippen LogP contribution in [0.2, 0.25) is 0 Å². The summed E-state index contributed by atoms with van der Waals surface area (Å²) in [5.41, 5.74) is 4.48. The minimum absolute atomic E-state index is 0.332. The number of ether oxygens (including phenoxy) is 2. The van der Waals surface area contributed by atoms with Crippen LogP contribution in [0.4, 0.5) is 0 Å². The molecule has 3 heteroatoms. The second kappa shape index (κ2) is 11.2. The van der Waals surface area contributed by atoms with E-state index < -0.39 is 0 Å². The summed E-state index contributed by atoms with van der Waals surface area (Å²) in [5, 5.41) is 0. The molecule has 0 aliphatic carbocycles. The Hall–Kier alpha value is -2.55. The Balaban J connectivity index is 2.27. The molecule has 0 spiro atoms. The van der Waals surface area contributed by atoms with Crippen LogP contribution in [0, 0.1) is 0 Å². The average Bonchev–Trinajstić information content (AvgIpc) is 2.68. The zero-order chi connectivity index (χ0) is 19.5. The van der Waals surface area contributed by atoms with Gasteiger partial charge in [-0.05, 0) is 48.6 Å². The summed E-state index contributed by atoms with van der Waals surface area (Å²) >= 11 is 0. The van der Waals surface area contributed by atoms with Gasteiger partial charge in [0.1, 0.15) is 5.75 Å². The Morgan fingerprint density at radius 1 is 1.00 bits per heavy atom. The summed E-state index contributed by atoms with van der Waals surface area (Å²) in [6.45, 7) is 7.20. The predicted octanol–water partition coefficient (Wildman–Crippen LogP) is 6.06. The molecule has 0 aliphatic heterocycles. The lowest BCUT2D eigenvalue weighted by molar-refractivity contribution is -0.137. The van der Waals surface area contributed by atoms with E-state index >= 15 is 0 Å². The number of rotatable bonds is 10. The van der Waals surface area contributed by atoms with E-state index in [1.54, 1.807) is 13.0 Å². The SMILES string of the molecule is CCCCOc1cc(/C=C/C(=O)OCC)ccc1-c1ccc(CCC)cc1. The lowest BCUT2D eigenvalue weighted by Gasteiger charge is -2.13. The van der Waals surface area contributed by atoms with Crippen molar-refractivity contribution in [3.63, 3.8) is 0 Å². The van der Waals surface area contributed by atoms with Crippen molar-refractivity contribution in [1.82, 2.24) is 0 Å². The van der Waals surface area contributed by atoms with Gasteiger partial charge in [0.05, 0.1) is 13.2 Å². The van der Waals surface area contributed by atoms with Gasteiger partial charge in [-0.2, -0.15) is 0 Å². The van der Waals surface area contributed by atoms with E-state index in [9.17, 15) is 4.79 Å². The molecule has 0 bridgehead atoms. The Kier molecular flexibility index (Phi) is 8.63. The molecule has 3 nitrogen and oxygen atoms in total. The van der Waals surface area contributed by atoms with E-state index in [-0.39, 0.29) is 5.97 Å². The molecule has 0 aliphatic rings. The molecular weight excluding hydrogens is 336 g/mol. The second-order valence-electron chi connectivity index (χ2n) is 6.49. The van der Waals surface area contributed by atoms with Gasteiger partial charge in [-0.1, -0.05) is 63.1 Å². The summed E-state index contributed by atoms with van der Waals surface area (Å²) in [6, 6.07) is 14.7. The zero-order valence-electron chi connectivity index (χ0n) is 16.7. The first-order valence-electron chi connectivity index (χ1n) is 9.88. The maximum Gasteiger partial charge on any atom is 0.330 e. The van der Waals surface area contributed by atoms with Gasteiger partial charge in [-0.3, -0.25) is 0 Å². The molecule has 0 aromatic heterocycles. The summed E-state index contributed by atoms with van der Waals surface area (Å²) in [7, 11) is 0. The molecule has 2 aromatic carbocycles. The molecule has 0 radical (unpaired) electrons. The first kappa shape index (κ1) is 20.8. The number of aryl methyl sites for hydroxylation is 1. The fourth-order valence-electron chi connectivity index (χ4n) is 2.82. The molecule has 27 heavy (non-hydrogen) atoms. The molecule has 2 rings (SSSR count). The maximum atomic E-state index is 11.5. The third-order valence-corrected chi connectivity index (χ3v) is 4.26. The molecule has 0 fully saturated rings. The summed E-state index contributed by atoms with van der Waals surface area (Å²) in [5.74, 6) is 0.513. The quantitative estimate of drug-likeness (QED) is 0.291. The van der Waals surface area contributed by atoms with Gasteiger partial charge >= 0.3 is 5.97 Å². The lowest BCUT2D eigenvalue weighted by atomic mass is 10.00. The van der Waals surface area contributed by atoms with Crippen LogP contribution < -0.4 is 4.74 Å². The van der Waals surface area contributed by atoms with Crippen LogP contribution >= 0.6 is 0 Å². The molecule has 0 saturated heterocycles. The van der Waals surface area contributed by atoms with Gasteiger partial charge in [0.15, 0.2) is 0 Å². The van der Waals surface area contributed by atoms with E-state index in [4.69, 9.17) is 9.47 Å². The van der Waals surface area contributed by atoms with Gasteiger partial charge in [-0.25, -0.2) is 4.79 Å². The third kappa shape index (κ3) is 6.59. The highest BCUT2D eigenvalue weighted by Crippen LogP contribution is 2.32. The highest BCUT2D eigenvalue weighted by molar-refractivity contribution is 5.87. The lowest BCUT2D eigenvalue weighted by Crippen LogP contribution is -2.00. The molecule has 2 aromatic rings. The van der Waals surface area contributed by atoms with Crippen LogP contribution in [0.15, 0.2) is 48.5 Å². The molecule has 0 amide bonds. The highest BCUT2D eigenvalue weighted by Gasteiger charge is 2.08. The number of esters is 1. The fraction of sp³-hybridized carbons (Fsp3) is 0.375. The fourth-order valence-corrected chi connectivity index (χ4v) is 2.82. The van der Waals surface area contributed by atoms with Gasteiger partial charge in [-0.15, -0.1) is 0 Å². The number of unbranched alkanes of at least 4 members (excludes halogenated alkanes) is 1. The highest BCUT2D eigenvalue weighted by atomic mass is 16.5. The van der Waals surface area contributed by atoms with Crippen molar-refractivity contribution >= 4 is 12.0 Å². The van der Waals surface area contributed by atoms with Gasteiger partial charge in [0.25, 0.3) is 0 Å². The van der Waals surface area contributed by atoms with Crippen LogP contribution in [0.25, 0.3) is 17.2 Å². The Morgan fingerprint density at radius 2 is 1.78 bits per heavy atom. The summed E-state index contributed by atoms with van der Waals surface area (Å²) in [4.78, 5) is 11.5. The molecule has 0 heterocycles. The van der Waals surface area contributed by atoms with Gasteiger partial charge in [0.2, 0.25) is 0 Å². The van der Waals surface area contributed by atoms with Crippen molar-refractivity contribution in [3.8, 4) is 16.9 Å². The van der Waals surface area contributed by atoms with Crippen molar-refractivity contribution in [2.24, 2.45) is 0 Å². The van der Waals surface area contributed by atoms with Crippen LogP contribution in [0.5, 0.6) is 5.75 Å². The summed E-state index contributed by atoms with van der Waals surface area (Å²) < 4.78 is 11.0. The minimum atomic E-state index is -0.332. The number of carbonyl (C=O) groups excluding carboxylic acids is 1. The van der Waals surface area contributed by atoms with Crippen LogP contribution in [0.3, 0.4) is 0 Å². The van der Waals surface area contributed by atoms with E-state index in [0.717, 1.165) is 48.1 Å². The van der Waals surface area contributed by atoms with E-state index in [2.05, 4.69) is 44.2 Å². The smallest absolute Gasteiger partial charge is 0.330 e. The number of hydrogen-bond donors (Lipinski definition) is 0. The number of carbonyl (C=O) groups is 1. The van der Waals surface area contributed by atoms with Gasteiger partial charge in [0, 0.05) is 11.6 Å². The van der Waals surface area contributed by atoms with Crippen molar-refractivity contribution in [2.45, 2.75) is 46.5 Å². The van der Waals surface area contributed by atoms with Crippen LogP contribution in [0.1, 0.15) is 51.2 Å².